The lowest BCUT2D eigenvalue weighted by molar-refractivity contribution is -0.138. The van der Waals surface area contributed by atoms with Gasteiger partial charge in [-0.3, -0.25) is 4.98 Å². The van der Waals surface area contributed by atoms with Gasteiger partial charge in [-0.2, -0.15) is 0 Å². The van der Waals surface area contributed by atoms with Crippen molar-refractivity contribution in [3.8, 4) is 5.75 Å². The van der Waals surface area contributed by atoms with Gasteiger partial charge in [0.15, 0.2) is 0 Å². The van der Waals surface area contributed by atoms with Crippen LogP contribution in [0.2, 0.25) is 0 Å². The number of benzene rings is 1. The van der Waals surface area contributed by atoms with E-state index < -0.39 is 11.9 Å². The summed E-state index contributed by atoms with van der Waals surface area (Å²) in [4.78, 5) is 27.5. The normalized spacial score (nSPS) is 11.0. The maximum absolute atomic E-state index is 11.8. The second-order valence-corrected chi connectivity index (χ2v) is 4.45. The van der Waals surface area contributed by atoms with Crippen molar-refractivity contribution in [1.29, 1.82) is 0 Å². The monoisotopic (exact) mass is 316 g/mol. The van der Waals surface area contributed by atoms with Crippen LogP contribution in [0.15, 0.2) is 42.2 Å². The van der Waals surface area contributed by atoms with E-state index in [0.29, 0.717) is 17.0 Å². The SMILES string of the molecule is COC(=O)/C=C(/Nc1cccc2cc(OC)cnc12)C(=O)OC. The molecule has 0 amide bonds. The zero-order valence-electron chi connectivity index (χ0n) is 13.0. The molecule has 0 radical (unpaired) electrons. The van der Waals surface area contributed by atoms with Gasteiger partial charge in [-0.25, -0.2) is 9.59 Å². The molecule has 0 aliphatic heterocycles. The van der Waals surface area contributed by atoms with Gasteiger partial charge in [-0.1, -0.05) is 12.1 Å². The number of carbonyl (C=O) groups is 2. The number of carbonyl (C=O) groups excluding carboxylic acids is 2. The number of fused-ring (bicyclic) bond motifs is 1. The number of para-hydroxylation sites is 1. The lowest BCUT2D eigenvalue weighted by Crippen LogP contribution is -2.15. The highest BCUT2D eigenvalue weighted by atomic mass is 16.5. The van der Waals surface area contributed by atoms with Crippen LogP contribution in [0, 0.1) is 0 Å². The number of pyridine rings is 1. The number of methoxy groups -OCH3 is 3. The zero-order valence-corrected chi connectivity index (χ0v) is 13.0. The molecule has 0 unspecified atom stereocenters. The molecule has 1 aromatic carbocycles. The van der Waals surface area contributed by atoms with Crippen molar-refractivity contribution in [3.05, 3.63) is 42.2 Å². The fourth-order valence-electron chi connectivity index (χ4n) is 1.93. The van der Waals surface area contributed by atoms with Crippen molar-refractivity contribution in [3.63, 3.8) is 0 Å². The number of nitrogens with zero attached hydrogens (tertiary/aromatic N) is 1. The number of esters is 2. The largest absolute Gasteiger partial charge is 0.495 e. The third-order valence-electron chi connectivity index (χ3n) is 3.06. The van der Waals surface area contributed by atoms with E-state index >= 15 is 0 Å². The van der Waals surface area contributed by atoms with Crippen molar-refractivity contribution < 1.29 is 23.8 Å². The van der Waals surface area contributed by atoms with E-state index in [2.05, 4.69) is 19.8 Å². The summed E-state index contributed by atoms with van der Waals surface area (Å²) in [6.45, 7) is 0. The van der Waals surface area contributed by atoms with Crippen LogP contribution in [-0.2, 0) is 19.1 Å². The predicted octanol–water partition coefficient (Wildman–Crippen LogP) is 1.89. The van der Waals surface area contributed by atoms with Gasteiger partial charge in [0.1, 0.15) is 11.4 Å². The summed E-state index contributed by atoms with van der Waals surface area (Å²) in [6, 6.07) is 7.20. The highest BCUT2D eigenvalue weighted by molar-refractivity contribution is 6.01. The van der Waals surface area contributed by atoms with Crippen LogP contribution in [0.3, 0.4) is 0 Å². The molecular weight excluding hydrogens is 300 g/mol. The molecule has 0 fully saturated rings. The topological polar surface area (TPSA) is 86.8 Å². The van der Waals surface area contributed by atoms with Crippen molar-refractivity contribution >= 4 is 28.5 Å². The van der Waals surface area contributed by atoms with Gasteiger partial charge in [0.2, 0.25) is 0 Å². The van der Waals surface area contributed by atoms with Gasteiger partial charge in [0.05, 0.1) is 44.8 Å². The standard InChI is InChI=1S/C16H16N2O5/c1-21-11-7-10-5-4-6-12(15(10)17-9-11)18-13(16(20)23-3)8-14(19)22-2/h4-9,18H,1-3H3/b13-8+. The third kappa shape index (κ3) is 3.76. The maximum atomic E-state index is 11.8. The number of nitrogens with one attached hydrogen (secondary N) is 1. The highest BCUT2D eigenvalue weighted by Crippen LogP contribution is 2.25. The van der Waals surface area contributed by atoms with Crippen LogP contribution in [0.25, 0.3) is 10.9 Å². The van der Waals surface area contributed by atoms with E-state index in [9.17, 15) is 9.59 Å². The maximum Gasteiger partial charge on any atom is 0.354 e. The molecule has 120 valence electrons. The van der Waals surface area contributed by atoms with E-state index in [4.69, 9.17) is 4.74 Å². The number of hydrogen-bond donors (Lipinski definition) is 1. The van der Waals surface area contributed by atoms with Gasteiger partial charge in [-0.05, 0) is 12.1 Å². The Morgan fingerprint density at radius 2 is 1.96 bits per heavy atom. The Labute approximate surface area is 132 Å². The number of ether oxygens (including phenoxy) is 3. The van der Waals surface area contributed by atoms with Crippen LogP contribution in [0.4, 0.5) is 5.69 Å². The summed E-state index contributed by atoms with van der Waals surface area (Å²) >= 11 is 0. The minimum atomic E-state index is -0.694. The summed E-state index contributed by atoms with van der Waals surface area (Å²) < 4.78 is 14.3. The van der Waals surface area contributed by atoms with Gasteiger partial charge < -0.3 is 19.5 Å². The minimum absolute atomic E-state index is 0.0514. The fourth-order valence-corrected chi connectivity index (χ4v) is 1.93. The Bertz CT molecular complexity index is 770. The molecule has 0 spiro atoms. The number of hydrogen-bond acceptors (Lipinski definition) is 7. The molecule has 1 N–H and O–H groups in total. The van der Waals surface area contributed by atoms with Gasteiger partial charge in [0.25, 0.3) is 0 Å². The highest BCUT2D eigenvalue weighted by Gasteiger charge is 2.14. The molecule has 1 heterocycles. The molecule has 0 saturated heterocycles. The second kappa shape index (κ2) is 7.26. The van der Waals surface area contributed by atoms with E-state index in [1.165, 1.54) is 14.2 Å². The zero-order chi connectivity index (χ0) is 16.8. The molecule has 7 heteroatoms. The number of rotatable bonds is 5. The Morgan fingerprint density at radius 3 is 2.61 bits per heavy atom. The van der Waals surface area contributed by atoms with Gasteiger partial charge in [-0.15, -0.1) is 0 Å². The van der Waals surface area contributed by atoms with E-state index in [0.717, 1.165) is 11.5 Å². The molecule has 23 heavy (non-hydrogen) atoms. The summed E-state index contributed by atoms with van der Waals surface area (Å²) in [6.07, 6.45) is 2.59. The van der Waals surface area contributed by atoms with E-state index in [1.807, 2.05) is 12.1 Å². The Hall–Kier alpha value is -3.09. The summed E-state index contributed by atoms with van der Waals surface area (Å²) in [5.74, 6) is -0.748. The second-order valence-electron chi connectivity index (χ2n) is 4.45. The average Bonchev–Trinajstić information content (AvgIpc) is 2.59. The Balaban J connectivity index is 2.44. The number of aromatic nitrogens is 1. The van der Waals surface area contributed by atoms with Gasteiger partial charge >= 0.3 is 11.9 Å². The van der Waals surface area contributed by atoms with E-state index in [-0.39, 0.29) is 5.70 Å². The predicted molar refractivity (Wildman–Crippen MR) is 84.0 cm³/mol. The number of anilines is 1. The molecular formula is C16H16N2O5. The summed E-state index contributed by atoms with van der Waals surface area (Å²) in [5.41, 5.74) is 1.11. The fraction of sp³-hybridized carbons (Fsp3) is 0.188. The van der Waals surface area contributed by atoms with Crippen molar-refractivity contribution in [1.82, 2.24) is 4.98 Å². The van der Waals surface area contributed by atoms with Gasteiger partial charge in [0, 0.05) is 5.39 Å². The van der Waals surface area contributed by atoms with E-state index in [1.54, 1.807) is 25.4 Å². The molecule has 0 saturated carbocycles. The molecule has 0 bridgehead atoms. The van der Waals surface area contributed by atoms with Crippen molar-refractivity contribution in [2.45, 2.75) is 0 Å². The molecule has 0 atom stereocenters. The molecule has 1 aromatic heterocycles. The smallest absolute Gasteiger partial charge is 0.354 e. The first-order valence-corrected chi connectivity index (χ1v) is 6.66. The van der Waals surface area contributed by atoms with Crippen LogP contribution in [0.1, 0.15) is 0 Å². The first kappa shape index (κ1) is 16.3. The molecule has 7 nitrogen and oxygen atoms in total. The summed E-state index contributed by atoms with van der Waals surface area (Å²) in [5, 5.41) is 3.67. The first-order chi connectivity index (χ1) is 11.1. The summed E-state index contributed by atoms with van der Waals surface area (Å²) in [7, 11) is 4.00. The van der Waals surface area contributed by atoms with Crippen LogP contribution >= 0.6 is 0 Å². The minimum Gasteiger partial charge on any atom is -0.495 e. The Morgan fingerprint density at radius 1 is 1.17 bits per heavy atom. The molecule has 2 rings (SSSR count). The molecule has 2 aromatic rings. The van der Waals surface area contributed by atoms with Crippen molar-refractivity contribution in [2.75, 3.05) is 26.6 Å². The molecule has 0 aliphatic carbocycles. The Kier molecular flexibility index (Phi) is 5.14. The van der Waals surface area contributed by atoms with Crippen LogP contribution in [-0.4, -0.2) is 38.3 Å². The quantitative estimate of drug-likeness (QED) is 0.665. The third-order valence-corrected chi connectivity index (χ3v) is 3.06. The average molecular weight is 316 g/mol. The van der Waals surface area contributed by atoms with Crippen molar-refractivity contribution in [2.24, 2.45) is 0 Å². The lowest BCUT2D eigenvalue weighted by Gasteiger charge is -2.11. The van der Waals surface area contributed by atoms with Crippen LogP contribution < -0.4 is 10.1 Å². The first-order valence-electron chi connectivity index (χ1n) is 6.66. The lowest BCUT2D eigenvalue weighted by atomic mass is 10.2. The van der Waals surface area contributed by atoms with Crippen LogP contribution in [0.5, 0.6) is 5.75 Å². The molecule has 0 aliphatic rings.